The molecule has 0 saturated carbocycles. The molecule has 0 aliphatic heterocycles. The fourth-order valence-electron chi connectivity index (χ4n) is 1.63. The van der Waals surface area contributed by atoms with Crippen LogP contribution in [-0.4, -0.2) is 29.3 Å². The normalized spacial score (nSPS) is 10.7. The molecule has 1 aromatic rings. The van der Waals surface area contributed by atoms with Crippen molar-refractivity contribution in [2.45, 2.75) is 26.8 Å². The summed E-state index contributed by atoms with van der Waals surface area (Å²) < 4.78 is 0. The van der Waals surface area contributed by atoms with Gasteiger partial charge in [-0.05, 0) is 38.5 Å². The van der Waals surface area contributed by atoms with Crippen molar-refractivity contribution in [3.05, 3.63) is 34.3 Å². The van der Waals surface area contributed by atoms with Gasteiger partial charge >= 0.3 is 0 Å². The van der Waals surface area contributed by atoms with Gasteiger partial charge in [0.2, 0.25) is 0 Å². The zero-order valence-corrected chi connectivity index (χ0v) is 11.8. The molecule has 0 N–H and O–H groups in total. The van der Waals surface area contributed by atoms with Crippen molar-refractivity contribution in [2.24, 2.45) is 0 Å². The zero-order chi connectivity index (χ0) is 13.0. The standard InChI is InChI=1S/C13H17Cl2NO/c1-9(2)16(7-6-14)13(17)11-5-4-10(3)8-12(11)15/h4-5,8-9H,6-7H2,1-3H3. The summed E-state index contributed by atoms with van der Waals surface area (Å²) in [5, 5.41) is 0.496. The number of hydrogen-bond acceptors (Lipinski definition) is 1. The average molecular weight is 274 g/mol. The second kappa shape index (κ2) is 6.27. The van der Waals surface area contributed by atoms with Crippen LogP contribution in [0, 0.1) is 6.92 Å². The van der Waals surface area contributed by atoms with Gasteiger partial charge in [-0.15, -0.1) is 11.6 Å². The molecule has 0 spiro atoms. The smallest absolute Gasteiger partial charge is 0.255 e. The molecule has 2 nitrogen and oxygen atoms in total. The number of carbonyl (C=O) groups excluding carboxylic acids is 1. The lowest BCUT2D eigenvalue weighted by atomic mass is 10.1. The average Bonchev–Trinajstić information content (AvgIpc) is 2.24. The van der Waals surface area contributed by atoms with E-state index in [1.807, 2.05) is 26.8 Å². The third kappa shape index (κ3) is 3.62. The van der Waals surface area contributed by atoms with E-state index >= 15 is 0 Å². The second-order valence-corrected chi connectivity index (χ2v) is 5.05. The highest BCUT2D eigenvalue weighted by Crippen LogP contribution is 2.20. The fourth-order valence-corrected chi connectivity index (χ4v) is 2.13. The summed E-state index contributed by atoms with van der Waals surface area (Å²) in [7, 11) is 0. The number of carbonyl (C=O) groups is 1. The van der Waals surface area contributed by atoms with Gasteiger partial charge in [0.25, 0.3) is 5.91 Å². The van der Waals surface area contributed by atoms with E-state index in [-0.39, 0.29) is 11.9 Å². The van der Waals surface area contributed by atoms with Gasteiger partial charge < -0.3 is 4.90 Å². The first-order chi connectivity index (χ1) is 7.97. The molecule has 0 fully saturated rings. The van der Waals surface area contributed by atoms with Crippen LogP contribution in [0.2, 0.25) is 5.02 Å². The minimum Gasteiger partial charge on any atom is -0.335 e. The number of amides is 1. The van der Waals surface area contributed by atoms with Gasteiger partial charge in [0.05, 0.1) is 10.6 Å². The predicted octanol–water partition coefficient (Wildman–Crippen LogP) is 3.74. The molecule has 0 aromatic heterocycles. The number of halogens is 2. The van der Waals surface area contributed by atoms with Gasteiger partial charge in [0.1, 0.15) is 0 Å². The minimum absolute atomic E-state index is 0.0642. The van der Waals surface area contributed by atoms with Crippen molar-refractivity contribution in [1.82, 2.24) is 4.90 Å². The third-order valence-corrected chi connectivity index (χ3v) is 3.05. The SMILES string of the molecule is Cc1ccc(C(=O)N(CCCl)C(C)C)c(Cl)c1. The highest BCUT2D eigenvalue weighted by atomic mass is 35.5. The van der Waals surface area contributed by atoms with Crippen LogP contribution in [0.5, 0.6) is 0 Å². The fraction of sp³-hybridized carbons (Fsp3) is 0.462. The van der Waals surface area contributed by atoms with Gasteiger partial charge in [0.15, 0.2) is 0 Å². The molecule has 0 aliphatic rings. The molecular weight excluding hydrogens is 257 g/mol. The number of nitrogens with zero attached hydrogens (tertiary/aromatic N) is 1. The van der Waals surface area contributed by atoms with Crippen LogP contribution in [0.1, 0.15) is 29.8 Å². The largest absolute Gasteiger partial charge is 0.335 e. The molecule has 0 aliphatic carbocycles. The summed E-state index contributed by atoms with van der Waals surface area (Å²) in [4.78, 5) is 14.0. The van der Waals surface area contributed by atoms with E-state index in [4.69, 9.17) is 23.2 Å². The van der Waals surface area contributed by atoms with Gasteiger partial charge in [-0.2, -0.15) is 0 Å². The van der Waals surface area contributed by atoms with Gasteiger partial charge in [-0.1, -0.05) is 17.7 Å². The molecule has 0 heterocycles. The van der Waals surface area contributed by atoms with Crippen molar-refractivity contribution in [2.75, 3.05) is 12.4 Å². The molecule has 1 aromatic carbocycles. The van der Waals surface area contributed by atoms with E-state index in [1.54, 1.807) is 17.0 Å². The van der Waals surface area contributed by atoms with Crippen LogP contribution in [0.3, 0.4) is 0 Å². The Balaban J connectivity index is 3.01. The molecule has 0 unspecified atom stereocenters. The maximum atomic E-state index is 12.3. The van der Waals surface area contributed by atoms with E-state index in [1.165, 1.54) is 0 Å². The minimum atomic E-state index is -0.0642. The van der Waals surface area contributed by atoms with E-state index in [2.05, 4.69) is 0 Å². The Kier molecular flexibility index (Phi) is 5.29. The van der Waals surface area contributed by atoms with E-state index < -0.39 is 0 Å². The highest BCUT2D eigenvalue weighted by molar-refractivity contribution is 6.33. The quantitative estimate of drug-likeness (QED) is 0.766. The summed E-state index contributed by atoms with van der Waals surface area (Å²) >= 11 is 11.8. The topological polar surface area (TPSA) is 20.3 Å². The van der Waals surface area contributed by atoms with Crippen molar-refractivity contribution < 1.29 is 4.79 Å². The lowest BCUT2D eigenvalue weighted by Crippen LogP contribution is -2.38. The number of aryl methyl sites for hydroxylation is 1. The van der Waals surface area contributed by atoms with E-state index in [0.717, 1.165) is 5.56 Å². The van der Waals surface area contributed by atoms with Crippen LogP contribution in [0.15, 0.2) is 18.2 Å². The summed E-state index contributed by atoms with van der Waals surface area (Å²) in [6.07, 6.45) is 0. The maximum absolute atomic E-state index is 12.3. The lowest BCUT2D eigenvalue weighted by Gasteiger charge is -2.26. The molecule has 4 heteroatoms. The Morgan fingerprint density at radius 1 is 1.41 bits per heavy atom. The molecule has 1 rings (SSSR count). The first kappa shape index (κ1) is 14.3. The van der Waals surface area contributed by atoms with Gasteiger partial charge in [0, 0.05) is 18.5 Å². The van der Waals surface area contributed by atoms with Gasteiger partial charge in [-0.3, -0.25) is 4.79 Å². The molecular formula is C13H17Cl2NO. The van der Waals surface area contributed by atoms with Crippen molar-refractivity contribution in [3.8, 4) is 0 Å². The summed E-state index contributed by atoms with van der Waals surface area (Å²) in [6.45, 7) is 6.40. The monoisotopic (exact) mass is 273 g/mol. The predicted molar refractivity (Wildman–Crippen MR) is 73.1 cm³/mol. The number of hydrogen-bond donors (Lipinski definition) is 0. The van der Waals surface area contributed by atoms with Crippen molar-refractivity contribution >= 4 is 29.1 Å². The molecule has 1 amide bonds. The van der Waals surface area contributed by atoms with Crippen LogP contribution < -0.4 is 0 Å². The van der Waals surface area contributed by atoms with Crippen LogP contribution >= 0.6 is 23.2 Å². The maximum Gasteiger partial charge on any atom is 0.255 e. The second-order valence-electron chi connectivity index (χ2n) is 4.26. The first-order valence-corrected chi connectivity index (χ1v) is 6.51. The van der Waals surface area contributed by atoms with E-state index in [9.17, 15) is 4.79 Å². The molecule has 0 bridgehead atoms. The van der Waals surface area contributed by atoms with Crippen molar-refractivity contribution in [1.29, 1.82) is 0 Å². The first-order valence-electron chi connectivity index (χ1n) is 5.60. The number of rotatable bonds is 4. The molecule has 94 valence electrons. The molecule has 0 saturated heterocycles. The third-order valence-electron chi connectivity index (χ3n) is 2.56. The lowest BCUT2D eigenvalue weighted by molar-refractivity contribution is 0.0718. The molecule has 17 heavy (non-hydrogen) atoms. The number of benzene rings is 1. The Hall–Kier alpha value is -0.730. The van der Waals surface area contributed by atoms with Gasteiger partial charge in [-0.25, -0.2) is 0 Å². The van der Waals surface area contributed by atoms with Crippen LogP contribution in [0.25, 0.3) is 0 Å². The number of alkyl halides is 1. The Labute approximate surface area is 113 Å². The Morgan fingerprint density at radius 3 is 2.53 bits per heavy atom. The molecule has 0 atom stereocenters. The van der Waals surface area contributed by atoms with E-state index in [0.29, 0.717) is 23.0 Å². The Morgan fingerprint density at radius 2 is 2.06 bits per heavy atom. The summed E-state index contributed by atoms with van der Waals surface area (Å²) in [5.41, 5.74) is 1.58. The highest BCUT2D eigenvalue weighted by Gasteiger charge is 2.20. The van der Waals surface area contributed by atoms with Crippen LogP contribution in [0.4, 0.5) is 0 Å². The summed E-state index contributed by atoms with van der Waals surface area (Å²) in [6, 6.07) is 5.56. The van der Waals surface area contributed by atoms with Crippen LogP contribution in [-0.2, 0) is 0 Å². The Bertz CT molecular complexity index is 404. The summed E-state index contributed by atoms with van der Waals surface area (Å²) in [5.74, 6) is 0.360. The zero-order valence-electron chi connectivity index (χ0n) is 10.3. The van der Waals surface area contributed by atoms with Crippen molar-refractivity contribution in [3.63, 3.8) is 0 Å². The molecule has 0 radical (unpaired) electrons.